The van der Waals surface area contributed by atoms with Crippen LogP contribution in [0.4, 0.5) is 4.39 Å². The van der Waals surface area contributed by atoms with E-state index in [2.05, 4.69) is 5.32 Å². The van der Waals surface area contributed by atoms with Crippen molar-refractivity contribution in [2.75, 3.05) is 13.1 Å². The second-order valence-corrected chi connectivity index (χ2v) is 6.01. The van der Waals surface area contributed by atoms with Gasteiger partial charge in [0.05, 0.1) is 13.0 Å². The van der Waals surface area contributed by atoms with Gasteiger partial charge in [0.15, 0.2) is 0 Å². The molecule has 0 spiro atoms. The molecule has 0 aliphatic rings. The van der Waals surface area contributed by atoms with E-state index in [4.69, 9.17) is 0 Å². The Labute approximate surface area is 125 Å². The van der Waals surface area contributed by atoms with Crippen LogP contribution in [0.5, 0.6) is 0 Å². The highest BCUT2D eigenvalue weighted by molar-refractivity contribution is 5.86. The predicted octanol–water partition coefficient (Wildman–Crippen LogP) is 2.13. The Kier molecular flexibility index (Phi) is 5.88. The van der Waals surface area contributed by atoms with Crippen LogP contribution in [0.3, 0.4) is 0 Å². The quantitative estimate of drug-likeness (QED) is 0.904. The minimum Gasteiger partial charge on any atom is -0.350 e. The van der Waals surface area contributed by atoms with E-state index in [1.54, 1.807) is 12.1 Å². The van der Waals surface area contributed by atoms with Crippen molar-refractivity contribution in [1.29, 1.82) is 0 Å². The highest BCUT2D eigenvalue weighted by Gasteiger charge is 2.19. The monoisotopic (exact) mass is 294 g/mol. The third-order valence-corrected chi connectivity index (χ3v) is 2.83. The average Bonchev–Trinajstić information content (AvgIpc) is 2.33. The zero-order valence-electron chi connectivity index (χ0n) is 13.1. The smallest absolute Gasteiger partial charge is 0.240 e. The lowest BCUT2D eigenvalue weighted by atomic mass is 10.1. The van der Waals surface area contributed by atoms with Gasteiger partial charge in [0.2, 0.25) is 11.8 Å². The molecule has 21 heavy (non-hydrogen) atoms. The van der Waals surface area contributed by atoms with Gasteiger partial charge >= 0.3 is 0 Å². The number of carbonyl (C=O) groups is 2. The van der Waals surface area contributed by atoms with Gasteiger partial charge in [-0.3, -0.25) is 9.59 Å². The molecule has 0 saturated heterocycles. The molecule has 0 aliphatic heterocycles. The van der Waals surface area contributed by atoms with Crippen molar-refractivity contribution in [3.63, 3.8) is 0 Å². The summed E-state index contributed by atoms with van der Waals surface area (Å²) in [5.41, 5.74) is 0.275. The molecular weight excluding hydrogens is 271 g/mol. The second kappa shape index (κ2) is 7.20. The van der Waals surface area contributed by atoms with E-state index in [0.717, 1.165) is 0 Å². The zero-order chi connectivity index (χ0) is 16.0. The summed E-state index contributed by atoms with van der Waals surface area (Å²) in [7, 11) is 0. The van der Waals surface area contributed by atoms with Crippen molar-refractivity contribution in [2.24, 2.45) is 0 Å². The Bertz CT molecular complexity index is 509. The fourth-order valence-corrected chi connectivity index (χ4v) is 1.94. The van der Waals surface area contributed by atoms with Crippen molar-refractivity contribution in [3.05, 3.63) is 35.6 Å². The van der Waals surface area contributed by atoms with E-state index >= 15 is 0 Å². The fourth-order valence-electron chi connectivity index (χ4n) is 1.94. The molecule has 2 amide bonds. The number of nitrogens with zero attached hydrogens (tertiary/aromatic N) is 1. The Morgan fingerprint density at radius 1 is 1.29 bits per heavy atom. The number of hydrogen-bond donors (Lipinski definition) is 1. The number of rotatable bonds is 5. The SMILES string of the molecule is CCN(CC(=O)NC(C)(C)C)C(=O)Cc1cccc(F)c1. The van der Waals surface area contributed by atoms with Gasteiger partial charge in [-0.05, 0) is 45.4 Å². The van der Waals surface area contributed by atoms with Gasteiger partial charge in [0.25, 0.3) is 0 Å². The number of benzene rings is 1. The minimum atomic E-state index is -0.367. The largest absolute Gasteiger partial charge is 0.350 e. The van der Waals surface area contributed by atoms with E-state index in [1.807, 2.05) is 27.7 Å². The highest BCUT2D eigenvalue weighted by atomic mass is 19.1. The highest BCUT2D eigenvalue weighted by Crippen LogP contribution is 2.07. The number of nitrogens with one attached hydrogen (secondary N) is 1. The average molecular weight is 294 g/mol. The lowest BCUT2D eigenvalue weighted by Crippen LogP contribution is -2.47. The van der Waals surface area contributed by atoms with E-state index in [9.17, 15) is 14.0 Å². The Morgan fingerprint density at radius 2 is 1.95 bits per heavy atom. The number of carbonyl (C=O) groups excluding carboxylic acids is 2. The molecule has 116 valence electrons. The summed E-state index contributed by atoms with van der Waals surface area (Å²) in [6.45, 7) is 7.92. The van der Waals surface area contributed by atoms with Crippen LogP contribution in [0.15, 0.2) is 24.3 Å². The topological polar surface area (TPSA) is 49.4 Å². The van der Waals surface area contributed by atoms with E-state index in [1.165, 1.54) is 17.0 Å². The summed E-state index contributed by atoms with van der Waals surface area (Å²) in [6.07, 6.45) is 0.0917. The first kappa shape index (κ1) is 17.1. The van der Waals surface area contributed by atoms with Gasteiger partial charge in [0, 0.05) is 12.1 Å². The molecule has 1 N–H and O–H groups in total. The van der Waals surface area contributed by atoms with Crippen LogP contribution in [0.2, 0.25) is 0 Å². The number of amides is 2. The van der Waals surface area contributed by atoms with Crippen LogP contribution in [-0.2, 0) is 16.0 Å². The van der Waals surface area contributed by atoms with Crippen LogP contribution >= 0.6 is 0 Å². The molecule has 1 rings (SSSR count). The van der Waals surface area contributed by atoms with Crippen LogP contribution in [-0.4, -0.2) is 35.3 Å². The molecule has 4 nitrogen and oxygen atoms in total. The molecule has 0 aromatic heterocycles. The summed E-state index contributed by atoms with van der Waals surface area (Å²) in [5, 5.41) is 2.82. The summed E-state index contributed by atoms with van der Waals surface area (Å²) >= 11 is 0. The fraction of sp³-hybridized carbons (Fsp3) is 0.500. The van der Waals surface area contributed by atoms with Gasteiger partial charge in [-0.2, -0.15) is 0 Å². The molecule has 0 fully saturated rings. The Morgan fingerprint density at radius 3 is 2.48 bits per heavy atom. The lowest BCUT2D eigenvalue weighted by molar-refractivity contribution is -0.135. The third kappa shape index (κ3) is 6.38. The molecular formula is C16H23FN2O2. The van der Waals surface area contributed by atoms with Crippen molar-refractivity contribution in [2.45, 2.75) is 39.7 Å². The summed E-state index contributed by atoms with van der Waals surface area (Å²) in [6, 6.07) is 5.94. The maximum Gasteiger partial charge on any atom is 0.240 e. The molecule has 0 saturated carbocycles. The molecule has 1 aromatic carbocycles. The summed E-state index contributed by atoms with van der Waals surface area (Å²) in [4.78, 5) is 25.5. The number of likely N-dealkylation sites (N-methyl/N-ethyl adjacent to an activating group) is 1. The van der Waals surface area contributed by atoms with Crippen LogP contribution in [0, 0.1) is 5.82 Å². The van der Waals surface area contributed by atoms with Gasteiger partial charge in [-0.1, -0.05) is 12.1 Å². The van der Waals surface area contributed by atoms with Gasteiger partial charge in [-0.15, -0.1) is 0 Å². The van der Waals surface area contributed by atoms with Crippen molar-refractivity contribution < 1.29 is 14.0 Å². The van der Waals surface area contributed by atoms with E-state index in [0.29, 0.717) is 12.1 Å². The number of hydrogen-bond acceptors (Lipinski definition) is 2. The van der Waals surface area contributed by atoms with Crippen molar-refractivity contribution >= 4 is 11.8 Å². The first-order chi connectivity index (χ1) is 9.71. The first-order valence-electron chi connectivity index (χ1n) is 7.04. The van der Waals surface area contributed by atoms with E-state index in [-0.39, 0.29) is 36.1 Å². The van der Waals surface area contributed by atoms with Gasteiger partial charge in [-0.25, -0.2) is 4.39 Å². The molecule has 5 heteroatoms. The molecule has 0 unspecified atom stereocenters. The first-order valence-corrected chi connectivity index (χ1v) is 7.04. The van der Waals surface area contributed by atoms with Crippen LogP contribution < -0.4 is 5.32 Å². The summed E-state index contributed by atoms with van der Waals surface area (Å²) < 4.78 is 13.1. The van der Waals surface area contributed by atoms with Crippen LogP contribution in [0.25, 0.3) is 0 Å². The molecule has 0 bridgehead atoms. The Balaban J connectivity index is 2.63. The van der Waals surface area contributed by atoms with E-state index < -0.39 is 0 Å². The number of halogens is 1. The summed E-state index contributed by atoms with van der Waals surface area (Å²) in [5.74, 6) is -0.752. The maximum absolute atomic E-state index is 13.1. The molecule has 0 radical (unpaired) electrons. The zero-order valence-corrected chi connectivity index (χ0v) is 13.1. The lowest BCUT2D eigenvalue weighted by Gasteiger charge is -2.25. The van der Waals surface area contributed by atoms with Crippen LogP contribution in [0.1, 0.15) is 33.3 Å². The minimum absolute atomic E-state index is 0.0158. The van der Waals surface area contributed by atoms with Gasteiger partial charge in [0.1, 0.15) is 5.82 Å². The van der Waals surface area contributed by atoms with Crippen molar-refractivity contribution in [3.8, 4) is 0 Å². The maximum atomic E-state index is 13.1. The molecule has 0 atom stereocenters. The van der Waals surface area contributed by atoms with Crippen molar-refractivity contribution in [1.82, 2.24) is 10.2 Å². The Hall–Kier alpha value is -1.91. The van der Waals surface area contributed by atoms with Gasteiger partial charge < -0.3 is 10.2 Å². The predicted molar refractivity (Wildman–Crippen MR) is 80.3 cm³/mol. The molecule has 0 heterocycles. The third-order valence-electron chi connectivity index (χ3n) is 2.83. The molecule has 0 aliphatic carbocycles. The molecule has 1 aromatic rings. The normalized spacial score (nSPS) is 11.1. The standard InChI is InChI=1S/C16H23FN2O2/c1-5-19(11-14(20)18-16(2,3)4)15(21)10-12-7-6-8-13(17)9-12/h6-9H,5,10-11H2,1-4H3,(H,18,20). The second-order valence-electron chi connectivity index (χ2n) is 6.01.